The van der Waals surface area contributed by atoms with Crippen LogP contribution < -0.4 is 9.47 Å². The Balaban J connectivity index is 1.48. The van der Waals surface area contributed by atoms with E-state index >= 15 is 0 Å². The first-order valence-electron chi connectivity index (χ1n) is 9.99. The van der Waals surface area contributed by atoms with Crippen molar-refractivity contribution in [1.82, 2.24) is 4.90 Å². The summed E-state index contributed by atoms with van der Waals surface area (Å²) in [7, 11) is 1.60. The fraction of sp³-hybridized carbons (Fsp3) is 0.250. The molecule has 0 atom stereocenters. The minimum absolute atomic E-state index is 0.0766. The van der Waals surface area contributed by atoms with Gasteiger partial charge in [-0.1, -0.05) is 6.07 Å². The molecule has 1 aliphatic heterocycles. The van der Waals surface area contributed by atoms with Crippen molar-refractivity contribution in [2.75, 3.05) is 20.3 Å². The van der Waals surface area contributed by atoms with Gasteiger partial charge >= 0.3 is 0 Å². The van der Waals surface area contributed by atoms with Gasteiger partial charge in [0.25, 0.3) is 0 Å². The van der Waals surface area contributed by atoms with Gasteiger partial charge in [-0.2, -0.15) is 0 Å². The Morgan fingerprint density at radius 3 is 2.68 bits per heavy atom. The van der Waals surface area contributed by atoms with Crippen molar-refractivity contribution in [1.29, 1.82) is 0 Å². The van der Waals surface area contributed by atoms with Crippen LogP contribution in [-0.4, -0.2) is 36.9 Å². The van der Waals surface area contributed by atoms with Crippen LogP contribution in [0.2, 0.25) is 0 Å². The lowest BCUT2D eigenvalue weighted by atomic mass is 10.1. The van der Waals surface area contributed by atoms with Crippen LogP contribution in [0.3, 0.4) is 0 Å². The SMILES string of the molecule is COc1cc(-c2cccs2)cc2c1OCCN(C(=O)CCC(=O)c1ccc(F)cc1)C2. The van der Waals surface area contributed by atoms with Crippen LogP contribution in [-0.2, 0) is 11.3 Å². The van der Waals surface area contributed by atoms with E-state index in [4.69, 9.17) is 9.47 Å². The number of rotatable bonds is 6. The number of thiophene rings is 1. The minimum Gasteiger partial charge on any atom is -0.493 e. The molecule has 2 aromatic carbocycles. The first-order chi connectivity index (χ1) is 15.0. The number of ether oxygens (including phenoxy) is 2. The number of carbonyl (C=O) groups excluding carboxylic acids is 2. The largest absolute Gasteiger partial charge is 0.493 e. The smallest absolute Gasteiger partial charge is 0.223 e. The summed E-state index contributed by atoms with van der Waals surface area (Å²) in [6, 6.07) is 13.4. The zero-order valence-corrected chi connectivity index (χ0v) is 17.9. The van der Waals surface area contributed by atoms with E-state index in [0.717, 1.165) is 16.0 Å². The van der Waals surface area contributed by atoms with E-state index in [2.05, 4.69) is 0 Å². The van der Waals surface area contributed by atoms with Crippen molar-refractivity contribution in [2.45, 2.75) is 19.4 Å². The van der Waals surface area contributed by atoms with E-state index in [1.54, 1.807) is 23.3 Å². The number of carbonyl (C=O) groups is 2. The molecule has 1 aromatic heterocycles. The van der Waals surface area contributed by atoms with Crippen LogP contribution in [0.25, 0.3) is 10.4 Å². The molecule has 0 radical (unpaired) electrons. The number of nitrogens with zero attached hydrogens (tertiary/aromatic N) is 1. The first-order valence-corrected chi connectivity index (χ1v) is 10.9. The molecule has 0 aliphatic carbocycles. The molecule has 160 valence electrons. The zero-order chi connectivity index (χ0) is 21.8. The van der Waals surface area contributed by atoms with E-state index in [1.807, 2.05) is 29.6 Å². The average Bonchev–Trinajstić information content (AvgIpc) is 3.23. The summed E-state index contributed by atoms with van der Waals surface area (Å²) in [6.07, 6.45) is 0.167. The molecule has 31 heavy (non-hydrogen) atoms. The van der Waals surface area contributed by atoms with Crippen molar-refractivity contribution in [3.05, 3.63) is 70.9 Å². The van der Waals surface area contributed by atoms with Gasteiger partial charge in [0.05, 0.1) is 13.7 Å². The second-order valence-corrected chi connectivity index (χ2v) is 8.19. The van der Waals surface area contributed by atoms with E-state index < -0.39 is 5.82 Å². The van der Waals surface area contributed by atoms with E-state index in [-0.39, 0.29) is 24.5 Å². The van der Waals surface area contributed by atoms with Crippen LogP contribution in [0.1, 0.15) is 28.8 Å². The van der Waals surface area contributed by atoms with Gasteiger partial charge < -0.3 is 14.4 Å². The van der Waals surface area contributed by atoms with Crippen LogP contribution in [0.4, 0.5) is 4.39 Å². The lowest BCUT2D eigenvalue weighted by Crippen LogP contribution is -2.32. The molecule has 3 aromatic rings. The molecule has 0 spiro atoms. The number of halogens is 1. The molecule has 5 nitrogen and oxygen atoms in total. The highest BCUT2D eigenvalue weighted by molar-refractivity contribution is 7.13. The van der Waals surface area contributed by atoms with Gasteiger partial charge in [0.1, 0.15) is 12.4 Å². The number of ketones is 1. The van der Waals surface area contributed by atoms with Crippen LogP contribution >= 0.6 is 11.3 Å². The highest BCUT2D eigenvalue weighted by Crippen LogP contribution is 2.39. The maximum atomic E-state index is 13.0. The predicted octanol–water partition coefficient (Wildman–Crippen LogP) is 4.95. The van der Waals surface area contributed by atoms with Crippen molar-refractivity contribution in [3.63, 3.8) is 0 Å². The van der Waals surface area contributed by atoms with Crippen LogP contribution in [0.15, 0.2) is 53.9 Å². The Morgan fingerprint density at radius 2 is 1.97 bits per heavy atom. The summed E-state index contributed by atoms with van der Waals surface area (Å²) >= 11 is 1.63. The van der Waals surface area contributed by atoms with E-state index in [0.29, 0.717) is 36.8 Å². The summed E-state index contributed by atoms with van der Waals surface area (Å²) in [5.41, 5.74) is 2.29. The lowest BCUT2D eigenvalue weighted by Gasteiger charge is -2.20. The van der Waals surface area contributed by atoms with E-state index in [9.17, 15) is 14.0 Å². The second-order valence-electron chi connectivity index (χ2n) is 7.24. The summed E-state index contributed by atoms with van der Waals surface area (Å²) in [5.74, 6) is 0.601. The Bertz CT molecular complexity index is 1080. The summed E-state index contributed by atoms with van der Waals surface area (Å²) in [6.45, 7) is 1.16. The quantitative estimate of drug-likeness (QED) is 0.510. The predicted molar refractivity (Wildman–Crippen MR) is 117 cm³/mol. The maximum absolute atomic E-state index is 13.0. The summed E-state index contributed by atoms with van der Waals surface area (Å²) < 4.78 is 24.5. The fourth-order valence-electron chi connectivity index (χ4n) is 3.59. The normalized spacial score (nSPS) is 13.2. The number of benzene rings is 2. The van der Waals surface area contributed by atoms with Crippen molar-refractivity contribution < 1.29 is 23.5 Å². The highest BCUT2D eigenvalue weighted by Gasteiger charge is 2.24. The third kappa shape index (κ3) is 4.77. The Morgan fingerprint density at radius 1 is 1.16 bits per heavy atom. The standard InChI is InChI=1S/C24H22FNO4S/c1-29-21-14-17(22-3-2-12-31-22)13-18-15-26(10-11-30-24(18)21)23(28)9-8-20(27)16-4-6-19(25)7-5-16/h2-7,12-14H,8-11,15H2,1H3. The number of hydrogen-bond donors (Lipinski definition) is 0. The van der Waals surface area contributed by atoms with Crippen LogP contribution in [0, 0.1) is 5.82 Å². The lowest BCUT2D eigenvalue weighted by molar-refractivity contribution is -0.131. The molecular weight excluding hydrogens is 417 g/mol. The topological polar surface area (TPSA) is 55.8 Å². The fourth-order valence-corrected chi connectivity index (χ4v) is 4.31. The maximum Gasteiger partial charge on any atom is 0.223 e. The molecule has 0 fully saturated rings. The molecule has 1 aliphatic rings. The second kappa shape index (κ2) is 9.31. The Labute approximate surface area is 184 Å². The van der Waals surface area contributed by atoms with Gasteiger partial charge in [-0.25, -0.2) is 4.39 Å². The minimum atomic E-state index is -0.395. The van der Waals surface area contributed by atoms with E-state index in [1.165, 1.54) is 24.3 Å². The van der Waals surface area contributed by atoms with Crippen molar-refractivity contribution >= 4 is 23.0 Å². The summed E-state index contributed by atoms with van der Waals surface area (Å²) in [5, 5.41) is 2.01. The Kier molecular flexibility index (Phi) is 6.32. The molecule has 7 heteroatoms. The molecule has 0 saturated carbocycles. The molecule has 0 N–H and O–H groups in total. The number of Topliss-reactive ketones (excluding diaryl/α,β-unsaturated/α-hetero) is 1. The monoisotopic (exact) mass is 439 g/mol. The molecule has 0 saturated heterocycles. The molecule has 0 unspecified atom stereocenters. The van der Waals surface area contributed by atoms with Gasteiger partial charge in [0, 0.05) is 35.4 Å². The van der Waals surface area contributed by atoms with Gasteiger partial charge in [-0.15, -0.1) is 11.3 Å². The third-order valence-electron chi connectivity index (χ3n) is 5.21. The molecule has 0 bridgehead atoms. The number of methoxy groups -OCH3 is 1. The Hall–Kier alpha value is -3.19. The van der Waals surface area contributed by atoms with Gasteiger partial charge in [-0.3, -0.25) is 9.59 Å². The average molecular weight is 440 g/mol. The molecule has 2 heterocycles. The van der Waals surface area contributed by atoms with Gasteiger partial charge in [0.15, 0.2) is 17.3 Å². The summed E-state index contributed by atoms with van der Waals surface area (Å²) in [4.78, 5) is 28.0. The molecule has 1 amide bonds. The van der Waals surface area contributed by atoms with Gasteiger partial charge in [0.2, 0.25) is 5.91 Å². The first kappa shape index (κ1) is 21.1. The van der Waals surface area contributed by atoms with Crippen molar-refractivity contribution in [3.8, 4) is 21.9 Å². The third-order valence-corrected chi connectivity index (χ3v) is 6.13. The molecular formula is C24H22FNO4S. The zero-order valence-electron chi connectivity index (χ0n) is 17.1. The number of amides is 1. The molecule has 4 rings (SSSR count). The number of hydrogen-bond acceptors (Lipinski definition) is 5. The number of fused-ring (bicyclic) bond motifs is 1. The van der Waals surface area contributed by atoms with Crippen LogP contribution in [0.5, 0.6) is 11.5 Å². The van der Waals surface area contributed by atoms with Crippen molar-refractivity contribution in [2.24, 2.45) is 0 Å². The highest BCUT2D eigenvalue weighted by atomic mass is 32.1. The van der Waals surface area contributed by atoms with Gasteiger partial charge in [-0.05, 0) is 53.4 Å².